The van der Waals surface area contributed by atoms with Crippen LogP contribution in [0.2, 0.25) is 0 Å². The summed E-state index contributed by atoms with van der Waals surface area (Å²) in [5, 5.41) is 0. The molecule has 0 N–H and O–H groups in total. The minimum atomic E-state index is -2.61. The number of hydrogen-bond acceptors (Lipinski definition) is 2. The third kappa shape index (κ3) is 3.31. The first-order valence-electron chi connectivity index (χ1n) is 7.57. The molecule has 3 rings (SSSR count). The normalized spacial score (nSPS) is 31.1. The van der Waals surface area contributed by atoms with E-state index < -0.39 is 5.92 Å². The van der Waals surface area contributed by atoms with Gasteiger partial charge in [-0.15, -0.1) is 0 Å². The lowest BCUT2D eigenvalue weighted by Gasteiger charge is -2.33. The van der Waals surface area contributed by atoms with E-state index in [9.17, 15) is 13.6 Å². The topological polar surface area (TPSA) is 26.3 Å². The second-order valence-corrected chi connectivity index (χ2v) is 6.30. The van der Waals surface area contributed by atoms with Gasteiger partial charge in [0.05, 0.1) is 13.2 Å². The van der Waals surface area contributed by atoms with Crippen LogP contribution in [-0.2, 0) is 16.1 Å². The van der Waals surface area contributed by atoms with Crippen LogP contribution in [0, 0.1) is 17.8 Å². The van der Waals surface area contributed by atoms with E-state index in [2.05, 4.69) is 0 Å². The predicted octanol–water partition coefficient (Wildman–Crippen LogP) is 3.84. The zero-order chi connectivity index (χ0) is 14.9. The second-order valence-electron chi connectivity index (χ2n) is 6.30. The number of carbonyl (C=O) groups is 1. The van der Waals surface area contributed by atoms with Crippen molar-refractivity contribution in [3.05, 3.63) is 35.9 Å². The molecular formula is C17H20F2O2. The average molecular weight is 294 g/mol. The Bertz CT molecular complexity index is 501. The van der Waals surface area contributed by atoms with E-state index in [-0.39, 0.29) is 43.0 Å². The number of hydrogen-bond donors (Lipinski definition) is 0. The molecule has 2 fully saturated rings. The van der Waals surface area contributed by atoms with Crippen molar-refractivity contribution in [3.8, 4) is 0 Å². The molecule has 0 bridgehead atoms. The van der Waals surface area contributed by atoms with Crippen LogP contribution in [-0.4, -0.2) is 18.3 Å². The van der Waals surface area contributed by atoms with E-state index in [0.29, 0.717) is 19.4 Å². The van der Waals surface area contributed by atoms with Crippen molar-refractivity contribution in [2.75, 3.05) is 6.61 Å². The van der Waals surface area contributed by atoms with Crippen LogP contribution in [0.5, 0.6) is 0 Å². The number of fused-ring (bicyclic) bond motifs is 1. The number of Topliss-reactive ketones (excluding diaryl/α,β-unsaturated/α-hetero) is 1. The summed E-state index contributed by atoms with van der Waals surface area (Å²) in [6.07, 6.45) is 0.709. The standard InChI is InChI=1S/C17H20F2O2/c18-17(19)7-6-13-8-16(20)15(14(13)9-17)11-21-10-12-4-2-1-3-5-12/h1-5,13-15H,6-11H2/t13-,14-,15+/m1/s1. The van der Waals surface area contributed by atoms with Crippen molar-refractivity contribution in [3.63, 3.8) is 0 Å². The number of ketones is 1. The van der Waals surface area contributed by atoms with Crippen molar-refractivity contribution < 1.29 is 18.3 Å². The first-order valence-corrected chi connectivity index (χ1v) is 7.57. The molecule has 3 atom stereocenters. The highest BCUT2D eigenvalue weighted by molar-refractivity contribution is 5.84. The van der Waals surface area contributed by atoms with E-state index in [1.54, 1.807) is 0 Å². The van der Waals surface area contributed by atoms with Crippen molar-refractivity contribution in [1.82, 2.24) is 0 Å². The van der Waals surface area contributed by atoms with Gasteiger partial charge in [0.25, 0.3) is 0 Å². The Morgan fingerprint density at radius 3 is 2.76 bits per heavy atom. The molecule has 0 aliphatic heterocycles. The van der Waals surface area contributed by atoms with Crippen LogP contribution >= 0.6 is 0 Å². The Balaban J connectivity index is 1.58. The monoisotopic (exact) mass is 294 g/mol. The Kier molecular flexibility index (Phi) is 4.07. The van der Waals surface area contributed by atoms with Gasteiger partial charge in [0.1, 0.15) is 5.78 Å². The van der Waals surface area contributed by atoms with Crippen molar-refractivity contribution in [2.24, 2.45) is 17.8 Å². The maximum Gasteiger partial charge on any atom is 0.248 e. The number of rotatable bonds is 4. The fourth-order valence-corrected chi connectivity index (χ4v) is 3.69. The molecule has 0 heterocycles. The second kappa shape index (κ2) is 5.84. The summed E-state index contributed by atoms with van der Waals surface area (Å²) in [4.78, 5) is 12.1. The lowest BCUT2D eigenvalue weighted by atomic mass is 9.76. The minimum Gasteiger partial charge on any atom is -0.376 e. The fourth-order valence-electron chi connectivity index (χ4n) is 3.69. The number of halogens is 2. The van der Waals surface area contributed by atoms with Crippen molar-refractivity contribution in [2.45, 2.75) is 38.2 Å². The highest BCUT2D eigenvalue weighted by Crippen LogP contribution is 2.49. The largest absolute Gasteiger partial charge is 0.376 e. The van der Waals surface area contributed by atoms with E-state index in [1.165, 1.54) is 0 Å². The third-order valence-electron chi connectivity index (χ3n) is 4.82. The molecule has 21 heavy (non-hydrogen) atoms. The Morgan fingerprint density at radius 1 is 1.24 bits per heavy atom. The molecule has 0 aromatic heterocycles. The van der Waals surface area contributed by atoms with Gasteiger partial charge in [0.15, 0.2) is 0 Å². The van der Waals surface area contributed by atoms with Crippen LogP contribution in [0.4, 0.5) is 8.78 Å². The molecule has 2 nitrogen and oxygen atoms in total. The van der Waals surface area contributed by atoms with Gasteiger partial charge in [-0.1, -0.05) is 30.3 Å². The summed E-state index contributed by atoms with van der Waals surface area (Å²) in [7, 11) is 0. The number of ether oxygens (including phenoxy) is 1. The van der Waals surface area contributed by atoms with Gasteiger partial charge in [0, 0.05) is 25.2 Å². The summed E-state index contributed by atoms with van der Waals surface area (Å²) >= 11 is 0. The summed E-state index contributed by atoms with van der Waals surface area (Å²) in [6.45, 7) is 0.698. The van der Waals surface area contributed by atoms with E-state index in [1.807, 2.05) is 30.3 Å². The molecule has 1 aromatic carbocycles. The SMILES string of the molecule is O=C1C[C@H]2CCC(F)(F)C[C@H]2[C@@H]1COCc1ccccc1. The predicted molar refractivity (Wildman–Crippen MR) is 75.0 cm³/mol. The minimum absolute atomic E-state index is 0.0704. The number of carbonyl (C=O) groups excluding carboxylic acids is 1. The van der Waals surface area contributed by atoms with Crippen molar-refractivity contribution >= 4 is 5.78 Å². The van der Waals surface area contributed by atoms with Gasteiger partial charge in [0.2, 0.25) is 5.92 Å². The van der Waals surface area contributed by atoms with Crippen LogP contribution in [0.3, 0.4) is 0 Å². The van der Waals surface area contributed by atoms with Crippen LogP contribution in [0.1, 0.15) is 31.2 Å². The van der Waals surface area contributed by atoms with Gasteiger partial charge in [-0.3, -0.25) is 4.79 Å². The van der Waals surface area contributed by atoms with E-state index in [4.69, 9.17) is 4.74 Å². The molecular weight excluding hydrogens is 274 g/mol. The van der Waals surface area contributed by atoms with Crippen LogP contribution in [0.15, 0.2) is 30.3 Å². The quantitative estimate of drug-likeness (QED) is 0.843. The molecule has 2 aliphatic carbocycles. The summed E-state index contributed by atoms with van der Waals surface area (Å²) in [6, 6.07) is 9.69. The Labute approximate surface area is 123 Å². The van der Waals surface area contributed by atoms with Gasteiger partial charge in [-0.25, -0.2) is 8.78 Å². The first-order chi connectivity index (χ1) is 10.1. The van der Waals surface area contributed by atoms with Gasteiger partial charge in [-0.2, -0.15) is 0 Å². The molecule has 114 valence electrons. The van der Waals surface area contributed by atoms with Crippen LogP contribution in [0.25, 0.3) is 0 Å². The summed E-state index contributed by atoms with van der Waals surface area (Å²) in [5.41, 5.74) is 1.04. The zero-order valence-electron chi connectivity index (χ0n) is 11.9. The van der Waals surface area contributed by atoms with Gasteiger partial charge < -0.3 is 4.74 Å². The molecule has 0 saturated heterocycles. The maximum absolute atomic E-state index is 13.6. The Hall–Kier alpha value is -1.29. The molecule has 2 saturated carbocycles. The van der Waals surface area contributed by atoms with E-state index >= 15 is 0 Å². The third-order valence-corrected chi connectivity index (χ3v) is 4.82. The molecule has 0 spiro atoms. The highest BCUT2D eigenvalue weighted by atomic mass is 19.3. The molecule has 0 amide bonds. The molecule has 0 radical (unpaired) electrons. The van der Waals surface area contributed by atoms with Gasteiger partial charge in [-0.05, 0) is 23.8 Å². The Morgan fingerprint density at radius 2 is 2.00 bits per heavy atom. The average Bonchev–Trinajstić information content (AvgIpc) is 2.75. The summed E-state index contributed by atoms with van der Waals surface area (Å²) in [5.74, 6) is -2.90. The number of alkyl halides is 2. The lowest BCUT2D eigenvalue weighted by Crippen LogP contribution is -2.34. The van der Waals surface area contributed by atoms with Crippen LogP contribution < -0.4 is 0 Å². The lowest BCUT2D eigenvalue weighted by molar-refractivity contribution is -0.124. The van der Waals surface area contributed by atoms with E-state index in [0.717, 1.165) is 5.56 Å². The smallest absolute Gasteiger partial charge is 0.248 e. The maximum atomic E-state index is 13.6. The molecule has 1 aromatic rings. The fraction of sp³-hybridized carbons (Fsp3) is 0.588. The number of benzene rings is 1. The van der Waals surface area contributed by atoms with Crippen molar-refractivity contribution in [1.29, 1.82) is 0 Å². The highest BCUT2D eigenvalue weighted by Gasteiger charge is 2.50. The van der Waals surface area contributed by atoms with Gasteiger partial charge >= 0.3 is 0 Å². The zero-order valence-corrected chi connectivity index (χ0v) is 11.9. The molecule has 0 unspecified atom stereocenters. The summed E-state index contributed by atoms with van der Waals surface area (Å²) < 4.78 is 32.8. The molecule has 4 heteroatoms. The first kappa shape index (κ1) is 14.6. The molecule has 2 aliphatic rings.